The van der Waals surface area contributed by atoms with Crippen molar-refractivity contribution in [1.82, 2.24) is 10.3 Å². The molecule has 9 nitrogen and oxygen atoms in total. The van der Waals surface area contributed by atoms with Crippen LogP contribution in [-0.2, 0) is 16.4 Å². The predicted molar refractivity (Wildman–Crippen MR) is 136 cm³/mol. The molecule has 5 rings (SSSR count). The van der Waals surface area contributed by atoms with Crippen LogP contribution in [0.15, 0.2) is 76.7 Å². The molecule has 0 atom stereocenters. The Kier molecular flexibility index (Phi) is 6.20. The maximum Gasteiger partial charge on any atom is 0.257 e. The highest BCUT2D eigenvalue weighted by atomic mass is 32.2. The maximum absolute atomic E-state index is 13.3. The van der Waals surface area contributed by atoms with E-state index in [1.807, 2.05) is 0 Å². The first-order valence-electron chi connectivity index (χ1n) is 10.9. The van der Waals surface area contributed by atoms with Crippen LogP contribution in [0, 0.1) is 11.3 Å². The molecule has 1 aromatic heterocycles. The zero-order valence-electron chi connectivity index (χ0n) is 19.3. The number of sulfone groups is 1. The lowest BCUT2D eigenvalue weighted by molar-refractivity contribution is 0.0946. The number of methoxy groups -OCH3 is 1. The summed E-state index contributed by atoms with van der Waals surface area (Å²) in [5.41, 5.74) is 1.49. The highest BCUT2D eigenvalue weighted by Gasteiger charge is 2.33. The van der Waals surface area contributed by atoms with Gasteiger partial charge < -0.3 is 15.4 Å². The van der Waals surface area contributed by atoms with E-state index in [0.717, 1.165) is 15.4 Å². The third-order valence-electron chi connectivity index (χ3n) is 5.74. The molecule has 0 saturated carbocycles. The number of hydrogen-bond donors (Lipinski definition) is 2. The Hall–Kier alpha value is -4.53. The van der Waals surface area contributed by atoms with E-state index in [1.54, 1.807) is 42.6 Å². The third-order valence-corrected chi connectivity index (χ3v) is 8.64. The standard InChI is InChI=1S/C26H18N4O5S2/c1-35-21-11-23-20(30-25(32)18-4-2-3-5-22(18)37(23,33)34)10-19(21)24(31)28-13-17-14-29-26(36-17)16-8-6-15(12-27)7-9-16/h2-11,14H,13H2,1H3,(H,28,31)(H,30,32). The van der Waals surface area contributed by atoms with Crippen LogP contribution in [0.2, 0.25) is 0 Å². The first-order valence-corrected chi connectivity index (χ1v) is 13.2. The largest absolute Gasteiger partial charge is 0.496 e. The van der Waals surface area contributed by atoms with Crippen LogP contribution < -0.4 is 15.4 Å². The fraction of sp³-hybridized carbons (Fsp3) is 0.0769. The number of aromatic nitrogens is 1. The van der Waals surface area contributed by atoms with Gasteiger partial charge in [-0.3, -0.25) is 9.59 Å². The molecule has 0 bridgehead atoms. The van der Waals surface area contributed by atoms with Gasteiger partial charge in [-0.2, -0.15) is 5.26 Å². The Labute approximate surface area is 216 Å². The molecule has 1 aliphatic heterocycles. The third kappa shape index (κ3) is 4.44. The number of nitriles is 1. The number of benzene rings is 3. The van der Waals surface area contributed by atoms with Crippen molar-refractivity contribution >= 4 is 38.7 Å². The van der Waals surface area contributed by atoms with Gasteiger partial charge in [-0.1, -0.05) is 24.3 Å². The van der Waals surface area contributed by atoms with E-state index in [9.17, 15) is 18.0 Å². The van der Waals surface area contributed by atoms with Crippen molar-refractivity contribution in [3.63, 3.8) is 0 Å². The van der Waals surface area contributed by atoms with Crippen LogP contribution in [0.4, 0.5) is 5.69 Å². The predicted octanol–water partition coefficient (Wildman–Crippen LogP) is 4.02. The Morgan fingerprint density at radius 1 is 1.14 bits per heavy atom. The summed E-state index contributed by atoms with van der Waals surface area (Å²) in [5.74, 6) is -1.05. The van der Waals surface area contributed by atoms with Crippen LogP contribution in [0.5, 0.6) is 5.75 Å². The molecule has 184 valence electrons. The summed E-state index contributed by atoms with van der Waals surface area (Å²) in [5, 5.41) is 15.1. The van der Waals surface area contributed by atoms with Crippen LogP contribution >= 0.6 is 11.3 Å². The molecule has 2 amide bonds. The van der Waals surface area contributed by atoms with Crippen molar-refractivity contribution in [3.05, 3.63) is 88.4 Å². The number of hydrogen-bond acceptors (Lipinski definition) is 8. The lowest BCUT2D eigenvalue weighted by Crippen LogP contribution is -2.23. The number of ether oxygens (including phenoxy) is 1. The van der Waals surface area contributed by atoms with Crippen LogP contribution in [0.3, 0.4) is 0 Å². The number of thiazole rings is 1. The van der Waals surface area contributed by atoms with E-state index in [1.165, 1.54) is 42.7 Å². The molecule has 0 saturated heterocycles. The Morgan fingerprint density at radius 2 is 1.89 bits per heavy atom. The minimum absolute atomic E-state index is 0.00644. The van der Waals surface area contributed by atoms with Gasteiger partial charge in [0.1, 0.15) is 10.8 Å². The first-order chi connectivity index (χ1) is 17.8. The summed E-state index contributed by atoms with van der Waals surface area (Å²) < 4.78 is 32.0. The molecule has 0 unspecified atom stereocenters. The number of fused-ring (bicyclic) bond motifs is 2. The molecule has 0 spiro atoms. The second kappa shape index (κ2) is 9.50. The molecule has 4 aromatic rings. The molecule has 0 radical (unpaired) electrons. The molecule has 0 aliphatic carbocycles. The number of carbonyl (C=O) groups is 2. The Morgan fingerprint density at radius 3 is 2.62 bits per heavy atom. The monoisotopic (exact) mass is 530 g/mol. The van der Waals surface area contributed by atoms with Crippen LogP contribution in [0.25, 0.3) is 10.6 Å². The summed E-state index contributed by atoms with van der Waals surface area (Å²) in [4.78, 5) is 30.7. The van der Waals surface area contributed by atoms with Crippen molar-refractivity contribution in [2.75, 3.05) is 12.4 Å². The molecular weight excluding hydrogens is 512 g/mol. The van der Waals surface area contributed by atoms with Gasteiger partial charge in [0.25, 0.3) is 11.8 Å². The van der Waals surface area contributed by atoms with Crippen molar-refractivity contribution in [3.8, 4) is 22.4 Å². The van der Waals surface area contributed by atoms with E-state index >= 15 is 0 Å². The van der Waals surface area contributed by atoms with E-state index in [2.05, 4.69) is 21.7 Å². The number of rotatable bonds is 5. The molecule has 2 N–H and O–H groups in total. The second-order valence-corrected chi connectivity index (χ2v) is 11.0. The van der Waals surface area contributed by atoms with Crippen molar-refractivity contribution in [2.45, 2.75) is 16.3 Å². The Balaban J connectivity index is 1.41. The number of amides is 2. The van der Waals surface area contributed by atoms with Gasteiger partial charge in [-0.05, 0) is 30.3 Å². The van der Waals surface area contributed by atoms with E-state index in [4.69, 9.17) is 10.00 Å². The molecule has 1 aliphatic rings. The van der Waals surface area contributed by atoms with Gasteiger partial charge in [0.2, 0.25) is 9.84 Å². The smallest absolute Gasteiger partial charge is 0.257 e. The minimum Gasteiger partial charge on any atom is -0.496 e. The molecule has 11 heteroatoms. The van der Waals surface area contributed by atoms with Gasteiger partial charge in [-0.15, -0.1) is 11.3 Å². The van der Waals surface area contributed by atoms with Crippen molar-refractivity contribution in [1.29, 1.82) is 5.26 Å². The summed E-state index contributed by atoms with van der Waals surface area (Å²) in [6, 6.07) is 17.6. The summed E-state index contributed by atoms with van der Waals surface area (Å²) >= 11 is 1.39. The lowest BCUT2D eigenvalue weighted by Gasteiger charge is -2.14. The van der Waals surface area contributed by atoms with Crippen molar-refractivity contribution < 1.29 is 22.7 Å². The van der Waals surface area contributed by atoms with Crippen LogP contribution in [-0.4, -0.2) is 32.3 Å². The molecule has 37 heavy (non-hydrogen) atoms. The maximum atomic E-state index is 13.3. The van der Waals surface area contributed by atoms with E-state index in [0.29, 0.717) is 5.56 Å². The molecule has 3 aromatic carbocycles. The van der Waals surface area contributed by atoms with Crippen molar-refractivity contribution in [2.24, 2.45) is 0 Å². The Bertz CT molecular complexity index is 1700. The van der Waals surface area contributed by atoms with Gasteiger partial charge in [-0.25, -0.2) is 13.4 Å². The average molecular weight is 531 g/mol. The second-order valence-electron chi connectivity index (χ2n) is 8.01. The molecule has 2 heterocycles. The quantitative estimate of drug-likeness (QED) is 0.397. The highest BCUT2D eigenvalue weighted by molar-refractivity contribution is 7.91. The highest BCUT2D eigenvalue weighted by Crippen LogP contribution is 2.37. The summed E-state index contributed by atoms with van der Waals surface area (Å²) in [7, 11) is -2.71. The fourth-order valence-electron chi connectivity index (χ4n) is 3.90. The zero-order valence-corrected chi connectivity index (χ0v) is 20.9. The minimum atomic E-state index is -4.05. The molecule has 0 fully saturated rings. The lowest BCUT2D eigenvalue weighted by atomic mass is 10.1. The first kappa shape index (κ1) is 24.2. The topological polar surface area (TPSA) is 138 Å². The fourth-order valence-corrected chi connectivity index (χ4v) is 6.36. The van der Waals surface area contributed by atoms with Gasteiger partial charge >= 0.3 is 0 Å². The van der Waals surface area contributed by atoms with Gasteiger partial charge in [0, 0.05) is 22.7 Å². The van der Waals surface area contributed by atoms with E-state index in [-0.39, 0.29) is 38.9 Å². The van der Waals surface area contributed by atoms with Gasteiger partial charge in [0.05, 0.1) is 51.9 Å². The average Bonchev–Trinajstić information content (AvgIpc) is 3.37. The van der Waals surface area contributed by atoms with Gasteiger partial charge in [0.15, 0.2) is 0 Å². The number of nitrogens with zero attached hydrogens (tertiary/aromatic N) is 2. The number of carbonyl (C=O) groups excluding carboxylic acids is 2. The SMILES string of the molecule is COc1cc2c(cc1C(=O)NCc1cnc(-c3ccc(C#N)cc3)s1)NC(=O)c1ccccc1S2(=O)=O. The van der Waals surface area contributed by atoms with Crippen LogP contribution in [0.1, 0.15) is 31.2 Å². The number of nitrogens with one attached hydrogen (secondary N) is 2. The molecular formula is C26H18N4O5S2. The number of anilines is 1. The summed E-state index contributed by atoms with van der Waals surface area (Å²) in [6.45, 7) is 0.170. The normalized spacial score (nSPS) is 13.4. The zero-order chi connectivity index (χ0) is 26.2. The summed E-state index contributed by atoms with van der Waals surface area (Å²) in [6.07, 6.45) is 1.65. The van der Waals surface area contributed by atoms with E-state index < -0.39 is 21.7 Å².